The van der Waals surface area contributed by atoms with Crippen LogP contribution in [0.3, 0.4) is 0 Å². The van der Waals surface area contributed by atoms with Crippen LogP contribution in [0, 0.1) is 10.1 Å². The Kier molecular flexibility index (Phi) is 6.48. The number of halogens is 2. The lowest BCUT2D eigenvalue weighted by Gasteiger charge is -2.16. The minimum atomic E-state index is -0.736. The molecule has 0 fully saturated rings. The average molecular weight is 323 g/mol. The van der Waals surface area contributed by atoms with E-state index < -0.39 is 11.0 Å². The minimum Gasteiger partial charge on any atom is -0.488 e. The largest absolute Gasteiger partial charge is 0.488 e. The molecule has 0 aliphatic rings. The van der Waals surface area contributed by atoms with E-state index in [-0.39, 0.29) is 34.1 Å². The fourth-order valence-corrected chi connectivity index (χ4v) is 1.98. The summed E-state index contributed by atoms with van der Waals surface area (Å²) in [6.07, 6.45) is -0.736. The van der Waals surface area contributed by atoms with Crippen molar-refractivity contribution in [3.05, 3.63) is 32.3 Å². The Morgan fingerprint density at radius 3 is 2.40 bits per heavy atom. The summed E-state index contributed by atoms with van der Waals surface area (Å²) in [5.74, 6) is 0.127. The third kappa shape index (κ3) is 5.13. The number of non-ortho nitro benzene ring substituents is 1. The summed E-state index contributed by atoms with van der Waals surface area (Å²) in [5.41, 5.74) is -0.214. The molecule has 0 amide bonds. The monoisotopic (exact) mass is 322 g/mol. The van der Waals surface area contributed by atoms with Crippen molar-refractivity contribution in [3.8, 4) is 5.75 Å². The highest BCUT2D eigenvalue weighted by Gasteiger charge is 2.17. The van der Waals surface area contributed by atoms with Crippen molar-refractivity contribution in [1.29, 1.82) is 0 Å². The maximum atomic E-state index is 10.6. The maximum absolute atomic E-state index is 10.6. The van der Waals surface area contributed by atoms with Gasteiger partial charge in [-0.3, -0.25) is 10.1 Å². The molecule has 0 aliphatic carbocycles. The summed E-state index contributed by atoms with van der Waals surface area (Å²) in [6.45, 7) is 4.26. The van der Waals surface area contributed by atoms with Gasteiger partial charge in [0.15, 0.2) is 5.75 Å². The first-order chi connectivity index (χ1) is 9.31. The van der Waals surface area contributed by atoms with Gasteiger partial charge in [0.25, 0.3) is 5.69 Å². The number of rotatable bonds is 7. The number of hydrogen-bond acceptors (Lipinski definition) is 5. The zero-order valence-electron chi connectivity index (χ0n) is 11.1. The van der Waals surface area contributed by atoms with Crippen molar-refractivity contribution in [2.24, 2.45) is 0 Å². The number of benzene rings is 1. The molecule has 0 aliphatic heterocycles. The first-order valence-corrected chi connectivity index (χ1v) is 6.74. The van der Waals surface area contributed by atoms with Crippen LogP contribution < -0.4 is 10.1 Å². The van der Waals surface area contributed by atoms with Crippen LogP contribution in [0.1, 0.15) is 13.8 Å². The van der Waals surface area contributed by atoms with Gasteiger partial charge in [0.1, 0.15) is 12.7 Å². The smallest absolute Gasteiger partial charge is 0.272 e. The first-order valence-electron chi connectivity index (χ1n) is 5.99. The van der Waals surface area contributed by atoms with Crippen LogP contribution in [0.2, 0.25) is 10.0 Å². The fourth-order valence-electron chi connectivity index (χ4n) is 1.40. The number of nitrogens with zero attached hydrogens (tertiary/aromatic N) is 1. The molecule has 112 valence electrons. The lowest BCUT2D eigenvalue weighted by atomic mass is 10.3. The van der Waals surface area contributed by atoms with Crippen molar-refractivity contribution in [1.82, 2.24) is 5.32 Å². The molecule has 20 heavy (non-hydrogen) atoms. The summed E-state index contributed by atoms with van der Waals surface area (Å²) in [6, 6.07) is 2.56. The highest BCUT2D eigenvalue weighted by molar-refractivity contribution is 6.37. The third-order valence-electron chi connectivity index (χ3n) is 2.38. The van der Waals surface area contributed by atoms with Crippen LogP contribution in [-0.2, 0) is 0 Å². The molecule has 0 saturated carbocycles. The lowest BCUT2D eigenvalue weighted by molar-refractivity contribution is -0.384. The molecule has 1 rings (SSSR count). The Morgan fingerprint density at radius 2 is 1.95 bits per heavy atom. The molecule has 8 heteroatoms. The summed E-state index contributed by atoms with van der Waals surface area (Å²) in [4.78, 5) is 10.0. The van der Waals surface area contributed by atoms with E-state index in [4.69, 9.17) is 27.9 Å². The number of nitrogens with one attached hydrogen (secondary N) is 1. The SMILES string of the molecule is CC(C)NCC(O)COc1c(Cl)cc([N+](=O)[O-])cc1Cl. The van der Waals surface area contributed by atoms with E-state index >= 15 is 0 Å². The van der Waals surface area contributed by atoms with E-state index in [9.17, 15) is 15.2 Å². The van der Waals surface area contributed by atoms with Crippen molar-refractivity contribution in [2.75, 3.05) is 13.2 Å². The van der Waals surface area contributed by atoms with Gasteiger partial charge in [-0.05, 0) is 0 Å². The number of aliphatic hydroxyl groups excluding tert-OH is 1. The average Bonchev–Trinajstić information content (AvgIpc) is 2.34. The summed E-state index contributed by atoms with van der Waals surface area (Å²) < 4.78 is 5.32. The van der Waals surface area contributed by atoms with Gasteiger partial charge in [-0.25, -0.2) is 0 Å². The zero-order valence-corrected chi connectivity index (χ0v) is 12.6. The van der Waals surface area contributed by atoms with Crippen LogP contribution in [0.25, 0.3) is 0 Å². The lowest BCUT2D eigenvalue weighted by Crippen LogP contribution is -2.35. The Morgan fingerprint density at radius 1 is 1.40 bits per heavy atom. The van der Waals surface area contributed by atoms with Crippen molar-refractivity contribution < 1.29 is 14.8 Å². The van der Waals surface area contributed by atoms with Crippen LogP contribution in [0.4, 0.5) is 5.69 Å². The Balaban J connectivity index is 2.66. The van der Waals surface area contributed by atoms with Gasteiger partial charge in [0.2, 0.25) is 0 Å². The van der Waals surface area contributed by atoms with Gasteiger partial charge in [0, 0.05) is 24.7 Å². The zero-order chi connectivity index (χ0) is 15.3. The normalized spacial score (nSPS) is 12.5. The maximum Gasteiger partial charge on any atom is 0.272 e. The molecule has 0 radical (unpaired) electrons. The molecule has 0 bridgehead atoms. The Labute approximate surface area is 126 Å². The van der Waals surface area contributed by atoms with Crippen molar-refractivity contribution in [2.45, 2.75) is 26.0 Å². The van der Waals surface area contributed by atoms with E-state index in [2.05, 4.69) is 5.32 Å². The number of ether oxygens (including phenoxy) is 1. The van der Waals surface area contributed by atoms with Crippen LogP contribution >= 0.6 is 23.2 Å². The molecule has 0 saturated heterocycles. The number of nitro benzene ring substituents is 1. The molecule has 1 unspecified atom stereocenters. The Hall–Kier alpha value is -1.08. The molecular weight excluding hydrogens is 307 g/mol. The minimum absolute atomic E-state index is 0.0169. The van der Waals surface area contributed by atoms with E-state index in [1.807, 2.05) is 13.8 Å². The second kappa shape index (κ2) is 7.64. The molecule has 1 aromatic rings. The van der Waals surface area contributed by atoms with Gasteiger partial charge >= 0.3 is 0 Å². The molecule has 0 spiro atoms. The third-order valence-corrected chi connectivity index (χ3v) is 2.94. The van der Waals surface area contributed by atoms with Crippen LogP contribution in [0.5, 0.6) is 5.75 Å². The van der Waals surface area contributed by atoms with Gasteiger partial charge in [-0.1, -0.05) is 37.0 Å². The van der Waals surface area contributed by atoms with Crippen LogP contribution in [-0.4, -0.2) is 35.3 Å². The van der Waals surface area contributed by atoms with E-state index in [0.29, 0.717) is 6.54 Å². The quantitative estimate of drug-likeness (QED) is 0.595. The highest BCUT2D eigenvalue weighted by atomic mass is 35.5. The van der Waals surface area contributed by atoms with Gasteiger partial charge in [0.05, 0.1) is 15.0 Å². The number of hydrogen-bond donors (Lipinski definition) is 2. The molecule has 0 aromatic heterocycles. The summed E-state index contributed by atoms with van der Waals surface area (Å²) in [5, 5.41) is 23.5. The summed E-state index contributed by atoms with van der Waals surface area (Å²) in [7, 11) is 0. The topological polar surface area (TPSA) is 84.6 Å². The molecule has 2 N–H and O–H groups in total. The van der Waals surface area contributed by atoms with Crippen LogP contribution in [0.15, 0.2) is 12.1 Å². The fraction of sp³-hybridized carbons (Fsp3) is 0.500. The van der Waals surface area contributed by atoms with E-state index in [1.165, 1.54) is 0 Å². The molecule has 1 atom stereocenters. The highest BCUT2D eigenvalue weighted by Crippen LogP contribution is 2.36. The number of aliphatic hydroxyl groups is 1. The van der Waals surface area contributed by atoms with Crippen molar-refractivity contribution >= 4 is 28.9 Å². The molecule has 0 heterocycles. The second-order valence-corrected chi connectivity index (χ2v) is 5.34. The molecular formula is C12H16Cl2N2O4. The summed E-state index contributed by atoms with van der Waals surface area (Å²) >= 11 is 11.8. The second-order valence-electron chi connectivity index (χ2n) is 4.52. The first kappa shape index (κ1) is 17.0. The molecule has 1 aromatic carbocycles. The standard InChI is InChI=1S/C12H16Cl2N2O4/c1-7(2)15-5-9(17)6-20-12-10(13)3-8(16(18)19)4-11(12)14/h3-4,7,9,15,17H,5-6H2,1-2H3. The number of nitro groups is 1. The van der Waals surface area contributed by atoms with E-state index in [0.717, 1.165) is 12.1 Å². The van der Waals surface area contributed by atoms with Gasteiger partial charge in [-0.15, -0.1) is 0 Å². The van der Waals surface area contributed by atoms with Gasteiger partial charge < -0.3 is 15.2 Å². The van der Waals surface area contributed by atoms with Crippen molar-refractivity contribution in [3.63, 3.8) is 0 Å². The molecule has 6 nitrogen and oxygen atoms in total. The Bertz CT molecular complexity index is 460. The predicted molar refractivity (Wildman–Crippen MR) is 77.8 cm³/mol. The van der Waals surface area contributed by atoms with Gasteiger partial charge in [-0.2, -0.15) is 0 Å². The van der Waals surface area contributed by atoms with E-state index in [1.54, 1.807) is 0 Å². The predicted octanol–water partition coefficient (Wildman–Crippen LogP) is 2.64.